The number of likely N-dealkylation sites (tertiary alicyclic amines) is 1. The number of hydrogen-bond donors (Lipinski definition) is 0. The van der Waals surface area contributed by atoms with Crippen LogP contribution in [0.5, 0.6) is 0 Å². The highest BCUT2D eigenvalue weighted by Crippen LogP contribution is 2.34. The highest BCUT2D eigenvalue weighted by molar-refractivity contribution is 6.02. The number of amides is 2. The Morgan fingerprint density at radius 1 is 1.19 bits per heavy atom. The van der Waals surface area contributed by atoms with Crippen molar-refractivity contribution >= 4 is 12.0 Å². The summed E-state index contributed by atoms with van der Waals surface area (Å²) in [6.45, 7) is 3.37. The first-order valence-corrected chi connectivity index (χ1v) is 8.73. The molecule has 0 aliphatic carbocycles. The minimum Gasteiger partial charge on any atom is -0.439 e. The molecule has 26 heavy (non-hydrogen) atoms. The minimum absolute atomic E-state index is 0.0584. The van der Waals surface area contributed by atoms with Gasteiger partial charge < -0.3 is 14.5 Å². The van der Waals surface area contributed by atoms with Gasteiger partial charge in [0.05, 0.1) is 24.3 Å². The fourth-order valence-corrected chi connectivity index (χ4v) is 3.88. The molecule has 4 rings (SSSR count). The molecule has 1 aromatic carbocycles. The van der Waals surface area contributed by atoms with Gasteiger partial charge in [-0.3, -0.25) is 9.78 Å². The SMILES string of the molecule is Cc1nccc(-c2ccccc2)c1C(=O)N1CC[C@]2(CN(C)C(=O)O2)C1. The first kappa shape index (κ1) is 16.6. The quantitative estimate of drug-likeness (QED) is 0.835. The molecule has 2 aliphatic heterocycles. The summed E-state index contributed by atoms with van der Waals surface area (Å²) in [4.78, 5) is 32.7. The van der Waals surface area contributed by atoms with Crippen molar-refractivity contribution in [2.24, 2.45) is 0 Å². The number of carbonyl (C=O) groups is 2. The lowest BCUT2D eigenvalue weighted by molar-refractivity contribution is 0.0552. The van der Waals surface area contributed by atoms with E-state index in [1.807, 2.05) is 43.3 Å². The Morgan fingerprint density at radius 2 is 1.96 bits per heavy atom. The molecule has 6 heteroatoms. The van der Waals surface area contributed by atoms with Gasteiger partial charge in [0.1, 0.15) is 0 Å². The number of nitrogens with zero attached hydrogens (tertiary/aromatic N) is 3. The van der Waals surface area contributed by atoms with Gasteiger partial charge in [-0.25, -0.2) is 4.79 Å². The Labute approximate surface area is 152 Å². The fraction of sp³-hybridized carbons (Fsp3) is 0.350. The van der Waals surface area contributed by atoms with E-state index in [4.69, 9.17) is 4.74 Å². The maximum absolute atomic E-state index is 13.3. The molecular weight excluding hydrogens is 330 g/mol. The van der Waals surface area contributed by atoms with Gasteiger partial charge >= 0.3 is 6.09 Å². The number of carbonyl (C=O) groups excluding carboxylic acids is 2. The standard InChI is InChI=1S/C20H21N3O3/c1-14-17(16(8-10-21-14)15-6-4-3-5-7-15)18(24)23-11-9-20(13-23)12-22(2)19(25)26-20/h3-8,10H,9,11-13H2,1-2H3/t20-/m0/s1. The molecule has 1 atom stereocenters. The third-order valence-electron chi connectivity index (χ3n) is 5.18. The molecule has 0 N–H and O–H groups in total. The topological polar surface area (TPSA) is 62.7 Å². The van der Waals surface area contributed by atoms with Crippen LogP contribution in [0.15, 0.2) is 42.6 Å². The molecule has 2 aromatic rings. The maximum Gasteiger partial charge on any atom is 0.410 e. The summed E-state index contributed by atoms with van der Waals surface area (Å²) in [7, 11) is 1.72. The smallest absolute Gasteiger partial charge is 0.410 e. The van der Waals surface area contributed by atoms with Crippen molar-refractivity contribution in [2.45, 2.75) is 18.9 Å². The third kappa shape index (κ3) is 2.71. The van der Waals surface area contributed by atoms with E-state index in [-0.39, 0.29) is 12.0 Å². The van der Waals surface area contributed by atoms with Gasteiger partial charge in [0, 0.05) is 26.2 Å². The van der Waals surface area contributed by atoms with E-state index in [1.54, 1.807) is 23.0 Å². The van der Waals surface area contributed by atoms with Gasteiger partial charge in [-0.15, -0.1) is 0 Å². The molecule has 1 spiro atoms. The monoisotopic (exact) mass is 351 g/mol. The average Bonchev–Trinajstić information content (AvgIpc) is 3.17. The minimum atomic E-state index is -0.579. The number of benzene rings is 1. The number of aryl methyl sites for hydroxylation is 1. The first-order chi connectivity index (χ1) is 12.5. The van der Waals surface area contributed by atoms with E-state index in [1.165, 1.54) is 0 Å². The molecule has 0 saturated carbocycles. The molecule has 2 aliphatic rings. The van der Waals surface area contributed by atoms with E-state index in [0.29, 0.717) is 37.3 Å². The lowest BCUT2D eigenvalue weighted by Crippen LogP contribution is -2.39. The average molecular weight is 351 g/mol. The van der Waals surface area contributed by atoms with Gasteiger partial charge in [-0.1, -0.05) is 30.3 Å². The van der Waals surface area contributed by atoms with Crippen LogP contribution in [0.4, 0.5) is 4.79 Å². The Hall–Kier alpha value is -2.89. The zero-order chi connectivity index (χ0) is 18.3. The van der Waals surface area contributed by atoms with Crippen molar-refractivity contribution in [3.8, 4) is 11.1 Å². The number of hydrogen-bond acceptors (Lipinski definition) is 4. The molecule has 2 amide bonds. The predicted octanol–water partition coefficient (Wildman–Crippen LogP) is 2.72. The Balaban J connectivity index is 1.65. The van der Waals surface area contributed by atoms with E-state index >= 15 is 0 Å². The number of rotatable bonds is 2. The summed E-state index contributed by atoms with van der Waals surface area (Å²) in [5.41, 5.74) is 2.61. The first-order valence-electron chi connectivity index (χ1n) is 8.73. The molecule has 134 valence electrons. The zero-order valence-electron chi connectivity index (χ0n) is 14.9. The summed E-state index contributed by atoms with van der Waals surface area (Å²) in [5, 5.41) is 0. The van der Waals surface area contributed by atoms with E-state index in [0.717, 1.165) is 11.1 Å². The van der Waals surface area contributed by atoms with Gasteiger partial charge in [0.15, 0.2) is 5.60 Å². The molecule has 2 saturated heterocycles. The van der Waals surface area contributed by atoms with Gasteiger partial charge in [0.2, 0.25) is 0 Å². The van der Waals surface area contributed by atoms with Crippen molar-refractivity contribution in [3.63, 3.8) is 0 Å². The van der Waals surface area contributed by atoms with Crippen molar-refractivity contribution in [1.29, 1.82) is 0 Å². The zero-order valence-corrected chi connectivity index (χ0v) is 14.9. The summed E-state index contributed by atoms with van der Waals surface area (Å²) in [5.74, 6) is -0.0584. The molecular formula is C20H21N3O3. The molecule has 6 nitrogen and oxygen atoms in total. The van der Waals surface area contributed by atoms with Crippen LogP contribution < -0.4 is 0 Å². The number of pyridine rings is 1. The van der Waals surface area contributed by atoms with Gasteiger partial charge in [0.25, 0.3) is 5.91 Å². The lowest BCUT2D eigenvalue weighted by atomic mass is 9.98. The van der Waals surface area contributed by atoms with Crippen LogP contribution in [0.25, 0.3) is 11.1 Å². The predicted molar refractivity (Wildman–Crippen MR) is 96.8 cm³/mol. The van der Waals surface area contributed by atoms with Crippen LogP contribution in [-0.2, 0) is 4.74 Å². The molecule has 2 fully saturated rings. The summed E-state index contributed by atoms with van der Waals surface area (Å²) >= 11 is 0. The van der Waals surface area contributed by atoms with Crippen LogP contribution in [0, 0.1) is 6.92 Å². The van der Waals surface area contributed by atoms with Crippen molar-refractivity contribution in [2.75, 3.05) is 26.7 Å². The molecule has 1 aromatic heterocycles. The highest BCUT2D eigenvalue weighted by Gasteiger charge is 2.49. The van der Waals surface area contributed by atoms with Gasteiger partial charge in [-0.05, 0) is 24.1 Å². The van der Waals surface area contributed by atoms with Crippen LogP contribution in [0.3, 0.4) is 0 Å². The third-order valence-corrected chi connectivity index (χ3v) is 5.18. The second-order valence-corrected chi connectivity index (χ2v) is 7.07. The number of ether oxygens (including phenoxy) is 1. The molecule has 0 unspecified atom stereocenters. The summed E-state index contributed by atoms with van der Waals surface area (Å²) in [6, 6.07) is 11.7. The van der Waals surface area contributed by atoms with Crippen LogP contribution in [0.1, 0.15) is 22.5 Å². The normalized spacial score (nSPS) is 22.2. The second kappa shape index (κ2) is 6.12. The van der Waals surface area contributed by atoms with Crippen LogP contribution >= 0.6 is 0 Å². The van der Waals surface area contributed by atoms with Crippen LogP contribution in [0.2, 0.25) is 0 Å². The highest BCUT2D eigenvalue weighted by atomic mass is 16.6. The molecule has 3 heterocycles. The van der Waals surface area contributed by atoms with Gasteiger partial charge in [-0.2, -0.15) is 0 Å². The fourth-order valence-electron chi connectivity index (χ4n) is 3.88. The Kier molecular flexibility index (Phi) is 3.90. The second-order valence-electron chi connectivity index (χ2n) is 7.07. The van der Waals surface area contributed by atoms with Crippen LogP contribution in [-0.4, -0.2) is 59.1 Å². The maximum atomic E-state index is 13.3. The largest absolute Gasteiger partial charge is 0.439 e. The Morgan fingerprint density at radius 3 is 2.65 bits per heavy atom. The summed E-state index contributed by atoms with van der Waals surface area (Å²) < 4.78 is 5.56. The molecule has 0 radical (unpaired) electrons. The lowest BCUT2D eigenvalue weighted by Gasteiger charge is -2.23. The summed E-state index contributed by atoms with van der Waals surface area (Å²) in [6.07, 6.45) is 2.07. The van der Waals surface area contributed by atoms with E-state index in [2.05, 4.69) is 4.98 Å². The van der Waals surface area contributed by atoms with E-state index in [9.17, 15) is 9.59 Å². The van der Waals surface area contributed by atoms with Crippen molar-refractivity contribution in [1.82, 2.24) is 14.8 Å². The number of likely N-dealkylation sites (N-methyl/N-ethyl adjacent to an activating group) is 1. The Bertz CT molecular complexity index is 868. The molecule has 0 bridgehead atoms. The van der Waals surface area contributed by atoms with Crippen molar-refractivity contribution < 1.29 is 14.3 Å². The number of aromatic nitrogens is 1. The van der Waals surface area contributed by atoms with Crippen molar-refractivity contribution in [3.05, 3.63) is 53.9 Å². The van der Waals surface area contributed by atoms with E-state index < -0.39 is 5.60 Å².